The molecule has 0 aromatic heterocycles. The van der Waals surface area contributed by atoms with Crippen LogP contribution in [0.1, 0.15) is 53.4 Å². The van der Waals surface area contributed by atoms with E-state index >= 15 is 0 Å². The van der Waals surface area contributed by atoms with Crippen LogP contribution in [-0.2, 0) is 0 Å². The minimum absolute atomic E-state index is 0.455. The predicted octanol–water partition coefficient (Wildman–Crippen LogP) is 4.10. The Morgan fingerprint density at radius 3 is 2.17 bits per heavy atom. The summed E-state index contributed by atoms with van der Waals surface area (Å²) in [6, 6.07) is 0. The van der Waals surface area contributed by atoms with Crippen molar-refractivity contribution in [2.75, 3.05) is 0 Å². The maximum Gasteiger partial charge on any atom is 0.00779 e. The molecule has 0 aliphatic heterocycles. The fourth-order valence-electron chi connectivity index (χ4n) is 1.91. The predicted molar refractivity (Wildman–Crippen MR) is 58.8 cm³/mol. The van der Waals surface area contributed by atoms with Crippen LogP contribution in [0.15, 0.2) is 0 Å². The lowest BCUT2D eigenvalue weighted by Crippen LogP contribution is -2.24. The SMILES string of the molecule is CC1CCCCC1SC(C)(C)C. The van der Waals surface area contributed by atoms with Gasteiger partial charge in [0.2, 0.25) is 0 Å². The molecule has 0 amide bonds. The van der Waals surface area contributed by atoms with Crippen molar-refractivity contribution in [1.29, 1.82) is 0 Å². The molecule has 0 bridgehead atoms. The Balaban J connectivity index is 2.39. The third-order valence-electron chi connectivity index (χ3n) is 2.54. The summed E-state index contributed by atoms with van der Waals surface area (Å²) >= 11 is 2.19. The summed E-state index contributed by atoms with van der Waals surface area (Å²) < 4.78 is 0.455. The molecule has 1 heteroatoms. The first-order valence-corrected chi connectivity index (χ1v) is 6.05. The van der Waals surface area contributed by atoms with Crippen molar-refractivity contribution >= 4 is 11.8 Å². The van der Waals surface area contributed by atoms with Gasteiger partial charge in [-0.1, -0.05) is 40.5 Å². The summed E-state index contributed by atoms with van der Waals surface area (Å²) in [5.41, 5.74) is 0. The highest BCUT2D eigenvalue weighted by molar-refractivity contribution is 8.01. The van der Waals surface area contributed by atoms with Gasteiger partial charge in [0.1, 0.15) is 0 Å². The van der Waals surface area contributed by atoms with Crippen molar-refractivity contribution in [2.45, 2.75) is 63.4 Å². The van der Waals surface area contributed by atoms with E-state index in [1.807, 2.05) is 0 Å². The lowest BCUT2D eigenvalue weighted by molar-refractivity contribution is 0.395. The van der Waals surface area contributed by atoms with Gasteiger partial charge in [0, 0.05) is 10.00 Å². The lowest BCUT2D eigenvalue weighted by Gasteiger charge is -2.33. The Kier molecular flexibility index (Phi) is 3.51. The first kappa shape index (κ1) is 10.4. The van der Waals surface area contributed by atoms with Crippen molar-refractivity contribution in [3.8, 4) is 0 Å². The van der Waals surface area contributed by atoms with E-state index in [2.05, 4.69) is 39.5 Å². The highest BCUT2D eigenvalue weighted by Gasteiger charge is 2.26. The largest absolute Gasteiger partial charge is 0.152 e. The standard InChI is InChI=1S/C11H22S/c1-9-7-5-6-8-10(9)12-11(2,3)4/h9-10H,5-8H2,1-4H3. The van der Waals surface area contributed by atoms with Crippen LogP contribution in [0, 0.1) is 5.92 Å². The van der Waals surface area contributed by atoms with Crippen molar-refractivity contribution in [1.82, 2.24) is 0 Å². The quantitative estimate of drug-likeness (QED) is 0.594. The smallest absolute Gasteiger partial charge is 0.00779 e. The Hall–Kier alpha value is 0.350. The van der Waals surface area contributed by atoms with Gasteiger partial charge >= 0.3 is 0 Å². The average Bonchev–Trinajstić information content (AvgIpc) is 1.91. The Morgan fingerprint density at radius 2 is 1.67 bits per heavy atom. The normalized spacial score (nSPS) is 32.0. The molecular formula is C11H22S. The zero-order valence-electron chi connectivity index (χ0n) is 8.89. The van der Waals surface area contributed by atoms with Crippen molar-refractivity contribution < 1.29 is 0 Å². The molecule has 12 heavy (non-hydrogen) atoms. The third-order valence-corrected chi connectivity index (χ3v) is 4.25. The summed E-state index contributed by atoms with van der Waals surface area (Å²) in [7, 11) is 0. The molecule has 0 radical (unpaired) electrons. The summed E-state index contributed by atoms with van der Waals surface area (Å²) in [5.74, 6) is 0.947. The van der Waals surface area contributed by atoms with Gasteiger partial charge in [-0.15, -0.1) is 0 Å². The molecule has 1 fully saturated rings. The molecule has 1 aliphatic carbocycles. The van der Waals surface area contributed by atoms with Crippen LogP contribution in [0.2, 0.25) is 0 Å². The van der Waals surface area contributed by atoms with Gasteiger partial charge in [0.15, 0.2) is 0 Å². The minimum atomic E-state index is 0.455. The molecule has 1 saturated carbocycles. The maximum atomic E-state index is 2.42. The molecule has 0 saturated heterocycles. The summed E-state index contributed by atoms with van der Waals surface area (Å²) in [6.45, 7) is 9.42. The molecule has 0 heterocycles. The number of hydrogen-bond donors (Lipinski definition) is 0. The number of rotatable bonds is 1. The van der Waals surface area contributed by atoms with Crippen LogP contribution in [0.5, 0.6) is 0 Å². The van der Waals surface area contributed by atoms with Gasteiger partial charge in [0.05, 0.1) is 0 Å². The second kappa shape index (κ2) is 4.04. The van der Waals surface area contributed by atoms with Gasteiger partial charge in [-0.2, -0.15) is 11.8 Å². The molecule has 2 atom stereocenters. The fourth-order valence-corrected chi connectivity index (χ4v) is 3.47. The molecule has 1 rings (SSSR count). The highest BCUT2D eigenvalue weighted by atomic mass is 32.2. The van der Waals surface area contributed by atoms with Gasteiger partial charge in [-0.05, 0) is 18.8 Å². The van der Waals surface area contributed by atoms with E-state index in [0.717, 1.165) is 11.2 Å². The van der Waals surface area contributed by atoms with Crippen molar-refractivity contribution in [3.63, 3.8) is 0 Å². The van der Waals surface area contributed by atoms with Crippen LogP contribution in [-0.4, -0.2) is 10.00 Å². The molecule has 0 N–H and O–H groups in total. The van der Waals surface area contributed by atoms with Gasteiger partial charge < -0.3 is 0 Å². The van der Waals surface area contributed by atoms with Crippen LogP contribution in [0.4, 0.5) is 0 Å². The maximum absolute atomic E-state index is 2.42. The van der Waals surface area contributed by atoms with Crippen LogP contribution < -0.4 is 0 Å². The van der Waals surface area contributed by atoms with Crippen LogP contribution in [0.25, 0.3) is 0 Å². The minimum Gasteiger partial charge on any atom is -0.152 e. The summed E-state index contributed by atoms with van der Waals surface area (Å²) in [4.78, 5) is 0. The van der Waals surface area contributed by atoms with Crippen LogP contribution in [0.3, 0.4) is 0 Å². The fraction of sp³-hybridized carbons (Fsp3) is 1.00. The topological polar surface area (TPSA) is 0 Å². The van der Waals surface area contributed by atoms with E-state index < -0.39 is 0 Å². The Labute approximate surface area is 81.5 Å². The monoisotopic (exact) mass is 186 g/mol. The molecule has 1 aliphatic rings. The Morgan fingerprint density at radius 1 is 1.08 bits per heavy atom. The van der Waals surface area contributed by atoms with Gasteiger partial charge in [-0.25, -0.2) is 0 Å². The molecule has 0 spiro atoms. The van der Waals surface area contributed by atoms with Crippen LogP contribution >= 0.6 is 11.8 Å². The summed E-state index contributed by atoms with van der Waals surface area (Å²) in [6.07, 6.45) is 5.82. The third kappa shape index (κ3) is 3.38. The number of hydrogen-bond acceptors (Lipinski definition) is 1. The van der Waals surface area contributed by atoms with Gasteiger partial charge in [0.25, 0.3) is 0 Å². The summed E-state index contributed by atoms with van der Waals surface area (Å²) in [5, 5.41) is 0.929. The zero-order chi connectivity index (χ0) is 9.19. The molecule has 0 aromatic carbocycles. The molecular weight excluding hydrogens is 164 g/mol. The Bertz CT molecular complexity index is 134. The highest BCUT2D eigenvalue weighted by Crippen LogP contribution is 2.39. The van der Waals surface area contributed by atoms with E-state index in [1.165, 1.54) is 25.7 Å². The van der Waals surface area contributed by atoms with E-state index in [0.29, 0.717) is 4.75 Å². The lowest BCUT2D eigenvalue weighted by atomic mass is 9.90. The van der Waals surface area contributed by atoms with E-state index in [1.54, 1.807) is 0 Å². The second-order valence-electron chi connectivity index (χ2n) is 5.03. The zero-order valence-corrected chi connectivity index (χ0v) is 9.71. The van der Waals surface area contributed by atoms with Crippen molar-refractivity contribution in [3.05, 3.63) is 0 Å². The molecule has 0 aromatic rings. The van der Waals surface area contributed by atoms with E-state index in [-0.39, 0.29) is 0 Å². The molecule has 2 unspecified atom stereocenters. The van der Waals surface area contributed by atoms with Gasteiger partial charge in [-0.3, -0.25) is 0 Å². The molecule has 0 nitrogen and oxygen atoms in total. The first-order valence-electron chi connectivity index (χ1n) is 5.17. The average molecular weight is 186 g/mol. The second-order valence-corrected chi connectivity index (χ2v) is 7.10. The van der Waals surface area contributed by atoms with E-state index in [4.69, 9.17) is 0 Å². The molecule has 72 valence electrons. The number of thioether (sulfide) groups is 1. The first-order chi connectivity index (χ1) is 5.49. The van der Waals surface area contributed by atoms with Crippen molar-refractivity contribution in [2.24, 2.45) is 5.92 Å². The van der Waals surface area contributed by atoms with E-state index in [9.17, 15) is 0 Å².